The lowest BCUT2D eigenvalue weighted by molar-refractivity contribution is -0.115. The van der Waals surface area contributed by atoms with Crippen molar-refractivity contribution >= 4 is 44.6 Å². The topological polar surface area (TPSA) is 67.5 Å². The molecule has 0 aromatic heterocycles. The minimum atomic E-state index is -0.0897. The molecule has 1 aliphatic rings. The number of nitrogen functional groups attached to an aromatic ring is 1. The van der Waals surface area contributed by atoms with Crippen LogP contribution in [0.4, 0.5) is 17.1 Å². The van der Waals surface area contributed by atoms with Crippen molar-refractivity contribution in [2.75, 3.05) is 11.1 Å². The monoisotopic (exact) mass is 329 g/mol. The Hall–Kier alpha value is -2.14. The highest BCUT2D eigenvalue weighted by Gasteiger charge is 2.17. The number of hydrogen-bond donors (Lipinski definition) is 2. The average Bonchev–Trinajstić information content (AvgIpc) is 2.56. The molecular formula is C15H12BrN3O. The molecule has 100 valence electrons. The minimum absolute atomic E-state index is 0.0897. The Morgan fingerprint density at radius 2 is 2.05 bits per heavy atom. The van der Waals surface area contributed by atoms with E-state index in [0.717, 1.165) is 21.4 Å². The Balaban J connectivity index is 2.11. The summed E-state index contributed by atoms with van der Waals surface area (Å²) in [4.78, 5) is 16.6. The fourth-order valence-corrected chi connectivity index (χ4v) is 2.52. The molecule has 0 aliphatic carbocycles. The van der Waals surface area contributed by atoms with Crippen LogP contribution in [-0.4, -0.2) is 11.6 Å². The number of carbonyl (C=O) groups is 1. The first-order chi connectivity index (χ1) is 9.61. The maximum Gasteiger partial charge on any atom is 0.230 e. The van der Waals surface area contributed by atoms with E-state index in [1.54, 1.807) is 12.1 Å². The van der Waals surface area contributed by atoms with Gasteiger partial charge in [-0.15, -0.1) is 0 Å². The van der Waals surface area contributed by atoms with Gasteiger partial charge in [-0.2, -0.15) is 0 Å². The second-order valence-corrected chi connectivity index (χ2v) is 5.49. The molecule has 5 heteroatoms. The number of hydrogen-bond acceptors (Lipinski definition) is 3. The molecule has 3 N–H and O–H groups in total. The van der Waals surface area contributed by atoms with Crippen LogP contribution in [0.1, 0.15) is 12.0 Å². The fourth-order valence-electron chi connectivity index (χ4n) is 2.12. The van der Waals surface area contributed by atoms with Gasteiger partial charge in [-0.3, -0.25) is 9.79 Å². The van der Waals surface area contributed by atoms with E-state index in [0.29, 0.717) is 11.4 Å². The van der Waals surface area contributed by atoms with Gasteiger partial charge >= 0.3 is 0 Å². The van der Waals surface area contributed by atoms with Crippen molar-refractivity contribution in [3.8, 4) is 0 Å². The number of nitrogens with one attached hydrogen (secondary N) is 1. The number of halogens is 1. The SMILES string of the molecule is Nc1ccc2c(c1)NC(=O)CC(c1cccc(Br)c1)=N2. The summed E-state index contributed by atoms with van der Waals surface area (Å²) in [5.74, 6) is -0.0897. The summed E-state index contributed by atoms with van der Waals surface area (Å²) in [6.45, 7) is 0. The maximum absolute atomic E-state index is 12.0. The zero-order valence-electron chi connectivity index (χ0n) is 10.6. The van der Waals surface area contributed by atoms with E-state index in [9.17, 15) is 4.79 Å². The average molecular weight is 330 g/mol. The number of nitrogens with two attached hydrogens (primary N) is 1. The van der Waals surface area contributed by atoms with Gasteiger partial charge in [0.15, 0.2) is 0 Å². The molecule has 4 nitrogen and oxygen atoms in total. The smallest absolute Gasteiger partial charge is 0.230 e. The first kappa shape index (κ1) is 12.9. The maximum atomic E-state index is 12.0. The van der Waals surface area contributed by atoms with E-state index in [2.05, 4.69) is 26.2 Å². The van der Waals surface area contributed by atoms with E-state index < -0.39 is 0 Å². The molecule has 3 rings (SSSR count). The molecule has 1 amide bonds. The number of anilines is 2. The molecule has 2 aromatic rings. The first-order valence-corrected chi connectivity index (χ1v) is 6.94. The third-order valence-electron chi connectivity index (χ3n) is 3.04. The molecule has 0 saturated heterocycles. The van der Waals surface area contributed by atoms with Crippen LogP contribution in [0.5, 0.6) is 0 Å². The second kappa shape index (κ2) is 5.09. The summed E-state index contributed by atoms with van der Waals surface area (Å²) < 4.78 is 0.958. The molecule has 0 atom stereocenters. The van der Waals surface area contributed by atoms with Gasteiger partial charge in [0.2, 0.25) is 5.91 Å². The molecule has 0 spiro atoms. The zero-order valence-corrected chi connectivity index (χ0v) is 12.1. The Kier molecular flexibility index (Phi) is 3.28. The van der Waals surface area contributed by atoms with Crippen LogP contribution in [0.2, 0.25) is 0 Å². The molecule has 0 saturated carbocycles. The molecule has 1 heterocycles. The van der Waals surface area contributed by atoms with Crippen molar-refractivity contribution in [1.29, 1.82) is 0 Å². The van der Waals surface area contributed by atoms with Gasteiger partial charge in [-0.1, -0.05) is 28.1 Å². The van der Waals surface area contributed by atoms with E-state index in [4.69, 9.17) is 5.73 Å². The number of nitrogens with zero attached hydrogens (tertiary/aromatic N) is 1. The first-order valence-electron chi connectivity index (χ1n) is 6.15. The molecule has 2 aromatic carbocycles. The van der Waals surface area contributed by atoms with Gasteiger partial charge in [0.1, 0.15) is 0 Å². The Morgan fingerprint density at radius 1 is 1.20 bits per heavy atom. The second-order valence-electron chi connectivity index (χ2n) is 4.57. The van der Waals surface area contributed by atoms with Gasteiger partial charge in [0, 0.05) is 10.2 Å². The van der Waals surface area contributed by atoms with E-state index >= 15 is 0 Å². The lowest BCUT2D eigenvalue weighted by atomic mass is 10.1. The minimum Gasteiger partial charge on any atom is -0.399 e. The summed E-state index contributed by atoms with van der Waals surface area (Å²) in [6, 6.07) is 13.1. The number of fused-ring (bicyclic) bond motifs is 1. The van der Waals surface area contributed by atoms with Crippen molar-refractivity contribution in [3.05, 3.63) is 52.5 Å². The number of carbonyl (C=O) groups excluding carboxylic acids is 1. The van der Waals surface area contributed by atoms with Crippen LogP contribution in [0, 0.1) is 0 Å². The summed E-state index contributed by atoms with van der Waals surface area (Å²) in [6.07, 6.45) is 0.241. The van der Waals surface area contributed by atoms with E-state index in [-0.39, 0.29) is 12.3 Å². The van der Waals surface area contributed by atoms with Crippen LogP contribution in [-0.2, 0) is 4.79 Å². The predicted octanol–water partition coefficient (Wildman–Crippen LogP) is 3.49. The normalized spacial score (nSPS) is 14.1. The zero-order chi connectivity index (χ0) is 14.1. The Bertz CT molecular complexity index is 725. The highest BCUT2D eigenvalue weighted by molar-refractivity contribution is 9.10. The lowest BCUT2D eigenvalue weighted by Crippen LogP contribution is -2.15. The fraction of sp³-hybridized carbons (Fsp3) is 0.0667. The van der Waals surface area contributed by atoms with Crippen LogP contribution in [0.3, 0.4) is 0 Å². The molecule has 0 fully saturated rings. The molecular weight excluding hydrogens is 318 g/mol. The molecule has 0 bridgehead atoms. The van der Waals surface area contributed by atoms with Crippen LogP contribution in [0.25, 0.3) is 0 Å². The lowest BCUT2D eigenvalue weighted by Gasteiger charge is -2.04. The molecule has 0 unspecified atom stereocenters. The van der Waals surface area contributed by atoms with Gasteiger partial charge in [-0.05, 0) is 35.9 Å². The largest absolute Gasteiger partial charge is 0.399 e. The number of rotatable bonds is 1. The molecule has 20 heavy (non-hydrogen) atoms. The van der Waals surface area contributed by atoms with Crippen LogP contribution < -0.4 is 11.1 Å². The summed E-state index contributed by atoms with van der Waals surface area (Å²) in [7, 11) is 0. The third-order valence-corrected chi connectivity index (χ3v) is 3.53. The van der Waals surface area contributed by atoms with Crippen molar-refractivity contribution in [2.24, 2.45) is 4.99 Å². The van der Waals surface area contributed by atoms with Gasteiger partial charge in [0.25, 0.3) is 0 Å². The van der Waals surface area contributed by atoms with Crippen molar-refractivity contribution < 1.29 is 4.79 Å². The Morgan fingerprint density at radius 3 is 2.85 bits per heavy atom. The number of amides is 1. The molecule has 0 radical (unpaired) electrons. The Labute approximate surface area is 124 Å². The van der Waals surface area contributed by atoms with Crippen LogP contribution >= 0.6 is 15.9 Å². The quantitative estimate of drug-likeness (QED) is 0.786. The van der Waals surface area contributed by atoms with Gasteiger partial charge < -0.3 is 11.1 Å². The van der Waals surface area contributed by atoms with Crippen molar-refractivity contribution in [1.82, 2.24) is 0 Å². The van der Waals surface area contributed by atoms with Gasteiger partial charge in [0.05, 0.1) is 23.5 Å². The molecule has 1 aliphatic heterocycles. The van der Waals surface area contributed by atoms with Crippen molar-refractivity contribution in [2.45, 2.75) is 6.42 Å². The van der Waals surface area contributed by atoms with Gasteiger partial charge in [-0.25, -0.2) is 0 Å². The summed E-state index contributed by atoms with van der Waals surface area (Å²) in [5.41, 5.74) is 9.39. The van der Waals surface area contributed by atoms with E-state index in [1.165, 1.54) is 0 Å². The summed E-state index contributed by atoms with van der Waals surface area (Å²) >= 11 is 3.43. The highest BCUT2D eigenvalue weighted by Crippen LogP contribution is 2.31. The predicted molar refractivity (Wildman–Crippen MR) is 84.4 cm³/mol. The van der Waals surface area contributed by atoms with E-state index in [1.807, 2.05) is 30.3 Å². The third kappa shape index (κ3) is 2.58. The summed E-state index contributed by atoms with van der Waals surface area (Å²) in [5, 5.41) is 2.83. The number of aliphatic imine (C=N–C) groups is 1. The standard InChI is InChI=1S/C15H12BrN3O/c16-10-3-1-2-9(6-10)13-8-15(20)19-14-7-11(17)4-5-12(14)18-13/h1-7H,8,17H2,(H,19,20). The highest BCUT2D eigenvalue weighted by atomic mass is 79.9. The van der Waals surface area contributed by atoms with Crippen molar-refractivity contribution in [3.63, 3.8) is 0 Å². The van der Waals surface area contributed by atoms with Crippen LogP contribution in [0.15, 0.2) is 51.9 Å². The number of benzene rings is 2.